The third-order valence-electron chi connectivity index (χ3n) is 4.98. The molecule has 0 bridgehead atoms. The zero-order valence-corrected chi connectivity index (χ0v) is 19.1. The Morgan fingerprint density at radius 3 is 2.26 bits per heavy atom. The van der Waals surface area contributed by atoms with Gasteiger partial charge in [0, 0.05) is 0 Å². The van der Waals surface area contributed by atoms with Crippen molar-refractivity contribution in [3.63, 3.8) is 0 Å². The molecule has 0 aliphatic rings. The van der Waals surface area contributed by atoms with Crippen LogP contribution in [0.1, 0.15) is 36.1 Å². The number of esters is 1. The summed E-state index contributed by atoms with van der Waals surface area (Å²) < 4.78 is 33.2. The molecular formula is C24H20F2N4O3S. The number of nitrogens with zero attached hydrogens (tertiary/aromatic N) is 3. The molecule has 174 valence electrons. The highest BCUT2D eigenvalue weighted by Gasteiger charge is 2.25. The lowest BCUT2D eigenvalue weighted by molar-refractivity contribution is -0.129. The molecule has 2 aromatic heterocycles. The van der Waals surface area contributed by atoms with Gasteiger partial charge < -0.3 is 10.1 Å². The van der Waals surface area contributed by atoms with E-state index in [1.54, 1.807) is 19.1 Å². The van der Waals surface area contributed by atoms with Crippen molar-refractivity contribution >= 4 is 23.2 Å². The van der Waals surface area contributed by atoms with Gasteiger partial charge in [0.15, 0.2) is 11.9 Å². The minimum absolute atomic E-state index is 0.237. The molecule has 2 unspecified atom stereocenters. The predicted octanol–water partition coefficient (Wildman–Crippen LogP) is 4.70. The van der Waals surface area contributed by atoms with E-state index in [1.165, 1.54) is 59.3 Å². The molecule has 0 saturated heterocycles. The lowest BCUT2D eigenvalue weighted by Crippen LogP contribution is -2.37. The zero-order chi connectivity index (χ0) is 24.2. The van der Waals surface area contributed by atoms with Gasteiger partial charge in [0.05, 0.1) is 16.6 Å². The number of carbonyl (C=O) groups excluding carboxylic acids is 2. The maximum Gasteiger partial charge on any atom is 0.379 e. The van der Waals surface area contributed by atoms with Gasteiger partial charge >= 0.3 is 5.97 Å². The Hall–Kier alpha value is -3.92. The summed E-state index contributed by atoms with van der Waals surface area (Å²) in [5.41, 5.74) is 1.21. The van der Waals surface area contributed by atoms with E-state index in [2.05, 4.69) is 15.4 Å². The van der Waals surface area contributed by atoms with E-state index in [-0.39, 0.29) is 11.6 Å². The van der Waals surface area contributed by atoms with Crippen molar-refractivity contribution in [3.05, 3.63) is 89.1 Å². The molecule has 0 aliphatic carbocycles. The van der Waals surface area contributed by atoms with Crippen LogP contribution in [0.5, 0.6) is 0 Å². The normalized spacial score (nSPS) is 12.7. The Labute approximate surface area is 198 Å². The van der Waals surface area contributed by atoms with Gasteiger partial charge in [-0.15, -0.1) is 16.4 Å². The first-order chi connectivity index (χ1) is 16.3. The van der Waals surface area contributed by atoms with Crippen LogP contribution >= 0.6 is 11.3 Å². The molecule has 10 heteroatoms. The van der Waals surface area contributed by atoms with E-state index in [9.17, 15) is 18.4 Å². The number of nitrogens with one attached hydrogen (secondary N) is 1. The number of thiophene rings is 1. The number of ether oxygens (including phenoxy) is 1. The van der Waals surface area contributed by atoms with Gasteiger partial charge in [-0.05, 0) is 67.3 Å². The number of carbonyl (C=O) groups is 2. The van der Waals surface area contributed by atoms with E-state index in [0.717, 1.165) is 4.88 Å². The summed E-state index contributed by atoms with van der Waals surface area (Å²) in [6.07, 6.45) is -1.13. The quantitative estimate of drug-likeness (QED) is 0.386. The van der Waals surface area contributed by atoms with Crippen LogP contribution < -0.4 is 5.32 Å². The highest BCUT2D eigenvalue weighted by atomic mass is 32.1. The Kier molecular flexibility index (Phi) is 6.78. The maximum absolute atomic E-state index is 13.4. The monoisotopic (exact) mass is 482 g/mol. The van der Waals surface area contributed by atoms with Gasteiger partial charge in [-0.25, -0.2) is 18.3 Å². The molecule has 0 aliphatic heterocycles. The number of halogens is 2. The number of hydrogen-bond acceptors (Lipinski definition) is 6. The summed E-state index contributed by atoms with van der Waals surface area (Å²) >= 11 is 1.40. The number of hydrogen-bond donors (Lipinski definition) is 1. The van der Waals surface area contributed by atoms with Crippen molar-refractivity contribution in [2.75, 3.05) is 0 Å². The van der Waals surface area contributed by atoms with Crippen molar-refractivity contribution in [3.8, 4) is 16.4 Å². The fourth-order valence-corrected chi connectivity index (χ4v) is 3.86. The average Bonchev–Trinajstić information content (AvgIpc) is 3.50. The third-order valence-corrected chi connectivity index (χ3v) is 5.85. The first-order valence-electron chi connectivity index (χ1n) is 10.4. The topological polar surface area (TPSA) is 86.1 Å². The Bertz CT molecular complexity index is 1290. The lowest BCUT2D eigenvalue weighted by Gasteiger charge is -2.17. The van der Waals surface area contributed by atoms with Gasteiger partial charge in [0.2, 0.25) is 0 Å². The fraction of sp³-hybridized carbons (Fsp3) is 0.167. The molecule has 2 atom stereocenters. The fourth-order valence-electron chi connectivity index (χ4n) is 3.16. The molecule has 34 heavy (non-hydrogen) atoms. The minimum atomic E-state index is -1.13. The summed E-state index contributed by atoms with van der Waals surface area (Å²) in [5, 5.41) is 8.82. The Balaban J connectivity index is 1.50. The van der Waals surface area contributed by atoms with Crippen LogP contribution in [0.3, 0.4) is 0 Å². The predicted molar refractivity (Wildman–Crippen MR) is 122 cm³/mol. The lowest BCUT2D eigenvalue weighted by atomic mass is 10.1. The van der Waals surface area contributed by atoms with Crippen molar-refractivity contribution in [2.45, 2.75) is 26.0 Å². The average molecular weight is 483 g/mol. The third kappa shape index (κ3) is 5.18. The van der Waals surface area contributed by atoms with Crippen molar-refractivity contribution in [2.24, 2.45) is 0 Å². The van der Waals surface area contributed by atoms with Crippen molar-refractivity contribution in [1.82, 2.24) is 20.1 Å². The van der Waals surface area contributed by atoms with Crippen LogP contribution in [-0.2, 0) is 9.53 Å². The van der Waals surface area contributed by atoms with Gasteiger partial charge in [-0.2, -0.15) is 4.98 Å². The smallest absolute Gasteiger partial charge is 0.379 e. The molecular weight excluding hydrogens is 462 g/mol. The van der Waals surface area contributed by atoms with E-state index in [4.69, 9.17) is 4.74 Å². The highest BCUT2D eigenvalue weighted by molar-refractivity contribution is 7.13. The van der Waals surface area contributed by atoms with Crippen molar-refractivity contribution < 1.29 is 23.1 Å². The summed E-state index contributed by atoms with van der Waals surface area (Å²) in [7, 11) is 0. The zero-order valence-electron chi connectivity index (χ0n) is 18.2. The van der Waals surface area contributed by atoms with Crippen LogP contribution in [-0.4, -0.2) is 32.7 Å². The molecule has 0 radical (unpaired) electrons. The molecule has 1 N–H and O–H groups in total. The van der Waals surface area contributed by atoms with Gasteiger partial charge in [-0.1, -0.05) is 18.2 Å². The first kappa shape index (κ1) is 23.2. The second-order valence-corrected chi connectivity index (χ2v) is 8.40. The molecule has 4 aromatic rings. The molecule has 1 amide bonds. The number of rotatable bonds is 7. The molecule has 2 heterocycles. The first-order valence-corrected chi connectivity index (χ1v) is 11.2. The van der Waals surface area contributed by atoms with Crippen LogP contribution in [0.2, 0.25) is 0 Å². The summed E-state index contributed by atoms with van der Waals surface area (Å²) in [5.74, 6) is -2.04. The van der Waals surface area contributed by atoms with Gasteiger partial charge in [-0.3, -0.25) is 4.79 Å². The second-order valence-electron chi connectivity index (χ2n) is 7.45. The van der Waals surface area contributed by atoms with Crippen LogP contribution in [0, 0.1) is 11.6 Å². The second kappa shape index (κ2) is 9.92. The number of benzene rings is 2. The number of amides is 1. The van der Waals surface area contributed by atoms with E-state index < -0.39 is 29.8 Å². The Morgan fingerprint density at radius 1 is 1.00 bits per heavy atom. The van der Waals surface area contributed by atoms with Crippen LogP contribution in [0.15, 0.2) is 66.0 Å². The summed E-state index contributed by atoms with van der Waals surface area (Å²) in [4.78, 5) is 30.3. The van der Waals surface area contributed by atoms with Gasteiger partial charge in [0.25, 0.3) is 11.7 Å². The number of aromatic nitrogens is 3. The SMILES string of the molecule is CC(OC(=O)c1nc(-c2cccs2)n(-c2ccc(F)cc2)n1)C(=O)NC(C)c1ccc(F)cc1. The standard InChI is InChI=1S/C24H20F2N4O3S/c1-14(16-5-7-17(25)8-6-16)27-23(31)15(2)33-24(32)21-28-22(20-4-3-13-34-20)30(29-21)19-11-9-18(26)10-12-19/h3-15H,1-2H3,(H,27,31). The van der Waals surface area contributed by atoms with Crippen molar-refractivity contribution in [1.29, 1.82) is 0 Å². The molecule has 7 nitrogen and oxygen atoms in total. The summed E-state index contributed by atoms with van der Waals surface area (Å²) in [6.45, 7) is 3.17. The Morgan fingerprint density at radius 2 is 1.65 bits per heavy atom. The van der Waals surface area contributed by atoms with E-state index >= 15 is 0 Å². The van der Waals surface area contributed by atoms with E-state index in [0.29, 0.717) is 17.1 Å². The van der Waals surface area contributed by atoms with Gasteiger partial charge in [0.1, 0.15) is 11.6 Å². The molecule has 4 rings (SSSR count). The van der Waals surface area contributed by atoms with Crippen LogP contribution in [0.4, 0.5) is 8.78 Å². The highest BCUT2D eigenvalue weighted by Crippen LogP contribution is 2.26. The minimum Gasteiger partial charge on any atom is -0.447 e. The van der Waals surface area contributed by atoms with Crippen LogP contribution in [0.25, 0.3) is 16.4 Å². The molecule has 2 aromatic carbocycles. The van der Waals surface area contributed by atoms with E-state index in [1.807, 2.05) is 17.5 Å². The largest absolute Gasteiger partial charge is 0.447 e. The molecule has 0 fully saturated rings. The summed E-state index contributed by atoms with van der Waals surface area (Å²) in [6, 6.07) is 14.6. The maximum atomic E-state index is 13.4. The molecule has 0 saturated carbocycles. The molecule has 0 spiro atoms.